The highest BCUT2D eigenvalue weighted by atomic mass is 19.1. The van der Waals surface area contributed by atoms with Crippen LogP contribution in [0.5, 0.6) is 0 Å². The quantitative estimate of drug-likeness (QED) is 0.691. The van der Waals surface area contributed by atoms with Gasteiger partial charge in [-0.25, -0.2) is 13.8 Å². The van der Waals surface area contributed by atoms with Crippen molar-refractivity contribution < 1.29 is 8.78 Å². The maximum atomic E-state index is 12.9. The summed E-state index contributed by atoms with van der Waals surface area (Å²) in [4.78, 5) is 4.07. The number of hydrogen-bond acceptors (Lipinski definition) is 3. The first-order valence-electron chi connectivity index (χ1n) is 7.41. The van der Waals surface area contributed by atoms with Gasteiger partial charge in [-0.1, -0.05) is 17.2 Å². The SMILES string of the molecule is FCc1cccc(C#CCCn2cc(-c3ccc(F)cc3)nn2)n1. The van der Waals surface area contributed by atoms with E-state index < -0.39 is 6.67 Å². The second-order valence-electron chi connectivity index (χ2n) is 5.07. The molecular formula is C18H14F2N4. The van der Waals surface area contributed by atoms with Crippen LogP contribution in [0.4, 0.5) is 8.78 Å². The van der Waals surface area contributed by atoms with Crippen molar-refractivity contribution in [2.24, 2.45) is 0 Å². The summed E-state index contributed by atoms with van der Waals surface area (Å²) in [6.45, 7) is -0.0232. The van der Waals surface area contributed by atoms with Gasteiger partial charge in [0, 0.05) is 12.0 Å². The first kappa shape index (κ1) is 15.8. The smallest absolute Gasteiger partial charge is 0.131 e. The van der Waals surface area contributed by atoms with E-state index in [-0.39, 0.29) is 5.82 Å². The minimum atomic E-state index is -0.597. The van der Waals surface area contributed by atoms with Crippen LogP contribution < -0.4 is 0 Å². The lowest BCUT2D eigenvalue weighted by atomic mass is 10.2. The number of aromatic nitrogens is 4. The Morgan fingerprint density at radius 1 is 1.08 bits per heavy atom. The van der Waals surface area contributed by atoms with Crippen LogP contribution in [0.1, 0.15) is 17.8 Å². The van der Waals surface area contributed by atoms with E-state index in [0.29, 0.717) is 30.0 Å². The van der Waals surface area contributed by atoms with Gasteiger partial charge in [0.2, 0.25) is 0 Å². The molecular weight excluding hydrogens is 310 g/mol. The third kappa shape index (κ3) is 4.02. The molecule has 0 aliphatic heterocycles. The van der Waals surface area contributed by atoms with E-state index in [1.54, 1.807) is 41.2 Å². The molecule has 0 radical (unpaired) electrons. The van der Waals surface area contributed by atoms with E-state index in [1.807, 2.05) is 0 Å². The predicted molar refractivity (Wildman–Crippen MR) is 86.0 cm³/mol. The zero-order valence-corrected chi connectivity index (χ0v) is 12.8. The zero-order valence-electron chi connectivity index (χ0n) is 12.8. The summed E-state index contributed by atoms with van der Waals surface area (Å²) in [5, 5.41) is 8.09. The number of halogens is 2. The molecule has 4 nitrogen and oxygen atoms in total. The average molecular weight is 324 g/mol. The van der Waals surface area contributed by atoms with E-state index in [4.69, 9.17) is 0 Å². The van der Waals surface area contributed by atoms with Crippen LogP contribution in [0.3, 0.4) is 0 Å². The van der Waals surface area contributed by atoms with Crippen LogP contribution in [-0.4, -0.2) is 20.0 Å². The maximum Gasteiger partial charge on any atom is 0.131 e. The van der Waals surface area contributed by atoms with Crippen LogP contribution in [0.2, 0.25) is 0 Å². The Morgan fingerprint density at radius 2 is 1.92 bits per heavy atom. The van der Waals surface area contributed by atoms with Gasteiger partial charge in [-0.2, -0.15) is 0 Å². The largest absolute Gasteiger partial charge is 0.251 e. The van der Waals surface area contributed by atoms with Crippen molar-refractivity contribution in [3.05, 3.63) is 65.9 Å². The Labute approximate surface area is 138 Å². The summed E-state index contributed by atoms with van der Waals surface area (Å²) in [5.41, 5.74) is 2.42. The van der Waals surface area contributed by atoms with E-state index >= 15 is 0 Å². The molecule has 3 rings (SSSR count). The first-order valence-corrected chi connectivity index (χ1v) is 7.41. The minimum Gasteiger partial charge on any atom is -0.251 e. The average Bonchev–Trinajstić information content (AvgIpc) is 3.08. The van der Waals surface area contributed by atoms with Crippen LogP contribution in [0.25, 0.3) is 11.3 Å². The molecule has 0 bridgehead atoms. The Kier molecular flexibility index (Phi) is 4.92. The lowest BCUT2D eigenvalue weighted by Gasteiger charge is -1.95. The van der Waals surface area contributed by atoms with Gasteiger partial charge in [0.25, 0.3) is 0 Å². The number of rotatable bonds is 4. The van der Waals surface area contributed by atoms with Gasteiger partial charge in [-0.05, 0) is 42.3 Å². The van der Waals surface area contributed by atoms with Gasteiger partial charge in [-0.3, -0.25) is 4.68 Å². The van der Waals surface area contributed by atoms with Crippen molar-refractivity contribution in [3.8, 4) is 23.1 Å². The van der Waals surface area contributed by atoms with Crippen molar-refractivity contribution in [2.45, 2.75) is 19.6 Å². The van der Waals surface area contributed by atoms with Crippen molar-refractivity contribution >= 4 is 0 Å². The number of nitrogens with zero attached hydrogens (tertiary/aromatic N) is 4. The van der Waals surface area contributed by atoms with Crippen molar-refractivity contribution in [1.29, 1.82) is 0 Å². The van der Waals surface area contributed by atoms with Gasteiger partial charge in [0.15, 0.2) is 0 Å². The first-order chi connectivity index (χ1) is 11.7. The molecule has 0 spiro atoms. The third-order valence-electron chi connectivity index (χ3n) is 3.30. The van der Waals surface area contributed by atoms with Gasteiger partial charge in [0.05, 0.1) is 18.4 Å². The van der Waals surface area contributed by atoms with E-state index in [2.05, 4.69) is 27.1 Å². The van der Waals surface area contributed by atoms with E-state index in [9.17, 15) is 8.78 Å². The van der Waals surface area contributed by atoms with Crippen molar-refractivity contribution in [2.75, 3.05) is 0 Å². The fraction of sp³-hybridized carbons (Fsp3) is 0.167. The number of alkyl halides is 1. The monoisotopic (exact) mass is 324 g/mol. The van der Waals surface area contributed by atoms with Gasteiger partial charge >= 0.3 is 0 Å². The Morgan fingerprint density at radius 3 is 2.71 bits per heavy atom. The van der Waals surface area contributed by atoms with Crippen molar-refractivity contribution in [3.63, 3.8) is 0 Å². The molecule has 0 unspecified atom stereocenters. The van der Waals surface area contributed by atoms with Crippen LogP contribution in [0, 0.1) is 17.7 Å². The topological polar surface area (TPSA) is 43.6 Å². The highest BCUT2D eigenvalue weighted by molar-refractivity contribution is 5.57. The summed E-state index contributed by atoms with van der Waals surface area (Å²) in [7, 11) is 0. The molecule has 0 amide bonds. The van der Waals surface area contributed by atoms with Gasteiger partial charge < -0.3 is 0 Å². The Balaban J connectivity index is 1.60. The summed E-state index contributed by atoms with van der Waals surface area (Å²) in [6.07, 6.45) is 2.35. The standard InChI is InChI=1S/C18H14F2N4/c19-12-17-6-3-5-16(21-17)4-1-2-11-24-13-18(22-23-24)14-7-9-15(20)10-8-14/h3,5-10,13H,2,11-12H2. The third-order valence-corrected chi connectivity index (χ3v) is 3.30. The van der Waals surface area contributed by atoms with Crippen LogP contribution in [-0.2, 0) is 13.2 Å². The van der Waals surface area contributed by atoms with Crippen LogP contribution >= 0.6 is 0 Å². The fourth-order valence-electron chi connectivity index (χ4n) is 2.11. The molecule has 0 N–H and O–H groups in total. The molecule has 3 aromatic rings. The molecule has 0 aliphatic carbocycles. The summed E-state index contributed by atoms with van der Waals surface area (Å²) in [6, 6.07) is 11.2. The molecule has 0 fully saturated rings. The number of pyridine rings is 1. The van der Waals surface area contributed by atoms with E-state index in [0.717, 1.165) is 5.56 Å². The highest BCUT2D eigenvalue weighted by Gasteiger charge is 2.03. The molecule has 0 saturated heterocycles. The Hall–Kier alpha value is -3.07. The second-order valence-corrected chi connectivity index (χ2v) is 5.07. The number of hydrogen-bond donors (Lipinski definition) is 0. The molecule has 2 heterocycles. The second kappa shape index (κ2) is 7.47. The summed E-state index contributed by atoms with van der Waals surface area (Å²) >= 11 is 0. The predicted octanol–water partition coefficient (Wildman–Crippen LogP) is 3.39. The van der Waals surface area contributed by atoms with Gasteiger partial charge in [0.1, 0.15) is 23.9 Å². The minimum absolute atomic E-state index is 0.285. The maximum absolute atomic E-state index is 12.9. The Bertz CT molecular complexity index is 876. The molecule has 1 aromatic carbocycles. The summed E-state index contributed by atoms with van der Waals surface area (Å²) in [5.74, 6) is 5.60. The molecule has 2 aromatic heterocycles. The summed E-state index contributed by atoms with van der Waals surface area (Å²) < 4.78 is 27.1. The fourth-order valence-corrected chi connectivity index (χ4v) is 2.11. The normalized spacial score (nSPS) is 10.2. The van der Waals surface area contributed by atoms with Crippen LogP contribution in [0.15, 0.2) is 48.7 Å². The molecule has 6 heteroatoms. The lowest BCUT2D eigenvalue weighted by molar-refractivity contribution is 0.476. The zero-order chi connectivity index (χ0) is 16.8. The lowest BCUT2D eigenvalue weighted by Crippen LogP contribution is -1.97. The number of benzene rings is 1. The number of aryl methyl sites for hydroxylation is 1. The molecule has 0 aliphatic rings. The van der Waals surface area contributed by atoms with Crippen molar-refractivity contribution in [1.82, 2.24) is 20.0 Å². The molecule has 120 valence electrons. The molecule has 24 heavy (non-hydrogen) atoms. The highest BCUT2D eigenvalue weighted by Crippen LogP contribution is 2.16. The van der Waals surface area contributed by atoms with E-state index in [1.165, 1.54) is 12.1 Å². The molecule has 0 atom stereocenters. The molecule has 0 saturated carbocycles. The van der Waals surface area contributed by atoms with Gasteiger partial charge in [-0.15, -0.1) is 5.10 Å².